The summed E-state index contributed by atoms with van der Waals surface area (Å²) in [6.07, 6.45) is 0.164. The average molecular weight is 503 g/mol. The second-order valence-electron chi connectivity index (χ2n) is 9.56. The van der Waals surface area contributed by atoms with Gasteiger partial charge in [-0.05, 0) is 61.3 Å². The zero-order valence-electron chi connectivity index (χ0n) is 22.2. The van der Waals surface area contributed by atoms with Gasteiger partial charge >= 0.3 is 18.2 Å². The molecule has 0 spiro atoms. The molecule has 35 heavy (non-hydrogen) atoms. The molecule has 0 bridgehead atoms. The van der Waals surface area contributed by atoms with Crippen molar-refractivity contribution in [1.82, 2.24) is 16.0 Å². The van der Waals surface area contributed by atoms with Crippen LogP contribution < -0.4 is 16.0 Å². The number of rotatable bonds is 11. The summed E-state index contributed by atoms with van der Waals surface area (Å²) in [5.41, 5.74) is -1.42. The molecule has 0 aliphatic carbocycles. The molecule has 0 aromatic heterocycles. The molecule has 0 saturated carbocycles. The van der Waals surface area contributed by atoms with Crippen LogP contribution in [0.3, 0.4) is 0 Å². The van der Waals surface area contributed by atoms with Crippen molar-refractivity contribution in [2.45, 2.75) is 91.5 Å². The lowest BCUT2D eigenvalue weighted by molar-refractivity contribution is -0.160. The first-order chi connectivity index (χ1) is 16.2. The van der Waals surface area contributed by atoms with Crippen LogP contribution in [0.1, 0.15) is 74.1 Å². The fraction of sp³-hybridized carbons (Fsp3) is 0.783. The molecule has 0 rings (SSSR count). The molecule has 3 amide bonds. The molecule has 0 fully saturated rings. The Kier molecular flexibility index (Phi) is 14.6. The first-order valence-electron chi connectivity index (χ1n) is 11.7. The van der Waals surface area contributed by atoms with Crippen LogP contribution in [-0.4, -0.2) is 74.1 Å². The highest BCUT2D eigenvalue weighted by molar-refractivity contribution is 6.01. The number of guanidine groups is 1. The third-order valence-electron chi connectivity index (χ3n) is 3.87. The molecule has 0 heterocycles. The highest BCUT2D eigenvalue weighted by Crippen LogP contribution is 2.08. The lowest BCUT2D eigenvalue weighted by Gasteiger charge is -2.22. The summed E-state index contributed by atoms with van der Waals surface area (Å²) in [5, 5.41) is 7.50. The maximum absolute atomic E-state index is 12.1. The Morgan fingerprint density at radius 3 is 1.80 bits per heavy atom. The molecule has 0 saturated heterocycles. The summed E-state index contributed by atoms with van der Waals surface area (Å²) in [6.45, 7) is 12.9. The van der Waals surface area contributed by atoms with Crippen molar-refractivity contribution in [2.24, 2.45) is 4.99 Å². The molecule has 12 nitrogen and oxygen atoms in total. The van der Waals surface area contributed by atoms with Gasteiger partial charge in [0.2, 0.25) is 12.1 Å². The Balaban J connectivity index is 4.55. The van der Waals surface area contributed by atoms with Crippen molar-refractivity contribution in [1.29, 1.82) is 0 Å². The smallest absolute Gasteiger partial charge is 0.414 e. The van der Waals surface area contributed by atoms with Crippen molar-refractivity contribution in [3.8, 4) is 0 Å². The van der Waals surface area contributed by atoms with E-state index < -0.39 is 41.4 Å². The number of hydrogen-bond donors (Lipinski definition) is 3. The van der Waals surface area contributed by atoms with E-state index in [-0.39, 0.29) is 12.6 Å². The van der Waals surface area contributed by atoms with E-state index in [1.54, 1.807) is 48.5 Å². The van der Waals surface area contributed by atoms with Crippen LogP contribution in [0.4, 0.5) is 9.59 Å². The number of carbonyl (C=O) groups is 4. The zero-order valence-corrected chi connectivity index (χ0v) is 22.2. The molecule has 0 aromatic rings. The Hall–Kier alpha value is -2.89. The molecular formula is C23H42N4O8. The Morgan fingerprint density at radius 2 is 1.34 bits per heavy atom. The molecule has 0 aliphatic rings. The average Bonchev–Trinajstić information content (AvgIpc) is 2.67. The normalized spacial score (nSPS) is 12.1. The van der Waals surface area contributed by atoms with E-state index in [4.69, 9.17) is 18.9 Å². The summed E-state index contributed by atoms with van der Waals surface area (Å²) in [7, 11) is 1.27. The van der Waals surface area contributed by atoms with Crippen LogP contribution in [-0.2, 0) is 28.5 Å². The van der Waals surface area contributed by atoms with Crippen LogP contribution >= 0.6 is 0 Å². The van der Waals surface area contributed by atoms with Crippen molar-refractivity contribution in [3.05, 3.63) is 0 Å². The molecule has 3 N–H and O–H groups in total. The minimum absolute atomic E-state index is 0.0645. The predicted molar refractivity (Wildman–Crippen MR) is 130 cm³/mol. The van der Waals surface area contributed by atoms with Gasteiger partial charge in [0.25, 0.3) is 5.91 Å². The zero-order chi connectivity index (χ0) is 27.1. The number of aliphatic imine (C=N–C) groups is 1. The number of esters is 1. The van der Waals surface area contributed by atoms with Crippen LogP contribution in [0.5, 0.6) is 0 Å². The third kappa shape index (κ3) is 17.2. The summed E-state index contributed by atoms with van der Waals surface area (Å²) < 4.78 is 20.1. The quantitative estimate of drug-likeness (QED) is 0.0973. The van der Waals surface area contributed by atoms with Crippen LogP contribution in [0.25, 0.3) is 0 Å². The molecule has 1 unspecified atom stereocenters. The lowest BCUT2D eigenvalue weighted by atomic mass is 10.2. The topological polar surface area (TPSA) is 154 Å². The molecule has 202 valence electrons. The number of nitrogens with one attached hydrogen (secondary N) is 3. The number of amides is 3. The Morgan fingerprint density at radius 1 is 0.829 bits per heavy atom. The number of hydrogen-bond acceptors (Lipinski definition) is 9. The van der Waals surface area contributed by atoms with E-state index in [0.717, 1.165) is 12.8 Å². The van der Waals surface area contributed by atoms with Gasteiger partial charge in [-0.25, -0.2) is 14.4 Å². The second kappa shape index (κ2) is 15.9. The first-order valence-corrected chi connectivity index (χ1v) is 11.7. The maximum Gasteiger partial charge on any atom is 0.414 e. The Labute approximate surface area is 207 Å². The van der Waals surface area contributed by atoms with Crippen LogP contribution in [0, 0.1) is 0 Å². The van der Waals surface area contributed by atoms with Crippen molar-refractivity contribution in [3.63, 3.8) is 0 Å². The second-order valence-corrected chi connectivity index (χ2v) is 9.56. The molecular weight excluding hydrogens is 460 g/mol. The number of alkyl carbamates (subject to hydrolysis) is 2. The SMILES string of the molecule is CCOC(=O)C(OC)C(=O)NCCCCCCN=C(NC(=O)OC(C)(C)C)NC(=O)OC(C)(C)C. The molecule has 1 atom stereocenters. The molecule has 0 aliphatic heterocycles. The van der Waals surface area contributed by atoms with Gasteiger partial charge < -0.3 is 24.3 Å². The molecule has 0 aromatic carbocycles. The third-order valence-corrected chi connectivity index (χ3v) is 3.87. The number of ether oxygens (including phenoxy) is 4. The Bertz CT molecular complexity index is 694. The highest BCUT2D eigenvalue weighted by Gasteiger charge is 2.27. The minimum atomic E-state index is -1.28. The molecule has 0 radical (unpaired) electrons. The van der Waals surface area contributed by atoms with Crippen LogP contribution in [0.15, 0.2) is 4.99 Å². The van der Waals surface area contributed by atoms with Gasteiger partial charge in [-0.2, -0.15) is 0 Å². The van der Waals surface area contributed by atoms with Gasteiger partial charge in [0, 0.05) is 20.2 Å². The summed E-state index contributed by atoms with van der Waals surface area (Å²) >= 11 is 0. The monoisotopic (exact) mass is 502 g/mol. The minimum Gasteiger partial charge on any atom is -0.464 e. The van der Waals surface area contributed by atoms with Crippen LogP contribution in [0.2, 0.25) is 0 Å². The lowest BCUT2D eigenvalue weighted by Crippen LogP contribution is -2.47. The summed E-state index contributed by atoms with van der Waals surface area (Å²) in [4.78, 5) is 52.0. The van der Waals surface area contributed by atoms with E-state index in [1.807, 2.05) is 0 Å². The van der Waals surface area contributed by atoms with Gasteiger partial charge in [0.1, 0.15) is 11.2 Å². The highest BCUT2D eigenvalue weighted by atomic mass is 16.6. The number of nitrogens with zero attached hydrogens (tertiary/aromatic N) is 1. The fourth-order valence-electron chi connectivity index (χ4n) is 2.52. The van der Waals surface area contributed by atoms with Crippen molar-refractivity contribution >= 4 is 30.0 Å². The predicted octanol–water partition coefficient (Wildman–Crippen LogP) is 2.65. The van der Waals surface area contributed by atoms with E-state index in [9.17, 15) is 19.2 Å². The van der Waals surface area contributed by atoms with E-state index in [1.165, 1.54) is 7.11 Å². The van der Waals surface area contributed by atoms with E-state index in [2.05, 4.69) is 20.9 Å². The van der Waals surface area contributed by atoms with Gasteiger partial charge in [-0.15, -0.1) is 0 Å². The van der Waals surface area contributed by atoms with Gasteiger partial charge in [-0.1, -0.05) is 12.8 Å². The first kappa shape index (κ1) is 32.1. The maximum atomic E-state index is 12.1. The fourth-order valence-corrected chi connectivity index (χ4v) is 2.52. The standard InChI is InChI=1S/C23H42N4O8/c1-9-33-18(29)16(32-8)17(28)24-14-12-10-11-13-15-25-19(26-20(30)34-22(2,3)4)27-21(31)35-23(5,6)7/h16H,9-15H2,1-8H3,(H,24,28)(H2,25,26,27,30,31). The van der Waals surface area contributed by atoms with Gasteiger partial charge in [0.15, 0.2) is 0 Å². The van der Waals surface area contributed by atoms with Crippen molar-refractivity contribution < 1.29 is 38.1 Å². The van der Waals surface area contributed by atoms with E-state index in [0.29, 0.717) is 25.9 Å². The largest absolute Gasteiger partial charge is 0.464 e. The number of unbranched alkanes of at least 4 members (excludes halogenated alkanes) is 3. The van der Waals surface area contributed by atoms with Crippen molar-refractivity contribution in [2.75, 3.05) is 26.8 Å². The van der Waals surface area contributed by atoms with Gasteiger partial charge in [-0.3, -0.25) is 20.4 Å². The van der Waals surface area contributed by atoms with E-state index >= 15 is 0 Å². The van der Waals surface area contributed by atoms with Gasteiger partial charge in [0.05, 0.1) is 6.61 Å². The molecule has 12 heteroatoms. The summed E-state index contributed by atoms with van der Waals surface area (Å²) in [6, 6.07) is 0. The number of methoxy groups -OCH3 is 1. The summed E-state index contributed by atoms with van der Waals surface area (Å²) in [5.74, 6) is -1.33. The number of carbonyl (C=O) groups excluding carboxylic acids is 4.